The number of piperidine rings is 1. The van der Waals surface area contributed by atoms with E-state index >= 15 is 0 Å². The third-order valence-corrected chi connectivity index (χ3v) is 5.84. The SMILES string of the molecule is Cn1cc([C@@H](NC(=O)c2ccc(N3CCCCC3)cc2)C2CC(O)C2)cn1. The molecule has 2 fully saturated rings. The molecule has 1 aliphatic carbocycles. The summed E-state index contributed by atoms with van der Waals surface area (Å²) in [5.41, 5.74) is 2.86. The van der Waals surface area contributed by atoms with Gasteiger partial charge in [-0.25, -0.2) is 0 Å². The van der Waals surface area contributed by atoms with Gasteiger partial charge in [0.05, 0.1) is 18.3 Å². The van der Waals surface area contributed by atoms with E-state index in [1.807, 2.05) is 37.5 Å². The highest BCUT2D eigenvalue weighted by Crippen LogP contribution is 2.38. The molecule has 2 heterocycles. The van der Waals surface area contributed by atoms with Crippen molar-refractivity contribution in [2.75, 3.05) is 18.0 Å². The maximum Gasteiger partial charge on any atom is 0.251 e. The van der Waals surface area contributed by atoms with Crippen molar-refractivity contribution in [3.63, 3.8) is 0 Å². The molecule has 2 N–H and O–H groups in total. The number of hydrogen-bond donors (Lipinski definition) is 2. The van der Waals surface area contributed by atoms with Gasteiger partial charge in [-0.3, -0.25) is 9.48 Å². The second kappa shape index (κ2) is 7.72. The highest BCUT2D eigenvalue weighted by Gasteiger charge is 2.36. The van der Waals surface area contributed by atoms with Gasteiger partial charge >= 0.3 is 0 Å². The highest BCUT2D eigenvalue weighted by atomic mass is 16.3. The molecule has 4 rings (SSSR count). The van der Waals surface area contributed by atoms with E-state index in [1.165, 1.54) is 24.9 Å². The normalized spacial score (nSPS) is 23.6. The Morgan fingerprint density at radius 1 is 1.19 bits per heavy atom. The van der Waals surface area contributed by atoms with Crippen molar-refractivity contribution in [3.05, 3.63) is 47.8 Å². The molecule has 1 atom stereocenters. The van der Waals surface area contributed by atoms with Gasteiger partial charge in [0.2, 0.25) is 0 Å². The molecular formula is C21H28N4O2. The summed E-state index contributed by atoms with van der Waals surface area (Å²) in [5, 5.41) is 17.1. The van der Waals surface area contributed by atoms with Crippen molar-refractivity contribution >= 4 is 11.6 Å². The molecule has 1 aliphatic heterocycles. The van der Waals surface area contributed by atoms with Crippen LogP contribution in [-0.4, -0.2) is 40.0 Å². The molecule has 2 aromatic rings. The molecule has 0 radical (unpaired) electrons. The van der Waals surface area contributed by atoms with Crippen LogP contribution >= 0.6 is 0 Å². The predicted molar refractivity (Wildman–Crippen MR) is 105 cm³/mol. The van der Waals surface area contributed by atoms with Crippen molar-refractivity contribution in [3.8, 4) is 0 Å². The van der Waals surface area contributed by atoms with E-state index in [1.54, 1.807) is 10.9 Å². The molecule has 1 aromatic carbocycles. The van der Waals surface area contributed by atoms with Crippen molar-refractivity contribution in [2.45, 2.75) is 44.2 Å². The number of benzene rings is 1. The quantitative estimate of drug-likeness (QED) is 0.851. The number of anilines is 1. The molecule has 27 heavy (non-hydrogen) atoms. The first kappa shape index (κ1) is 18.0. The summed E-state index contributed by atoms with van der Waals surface area (Å²) in [6.45, 7) is 2.19. The molecule has 0 unspecified atom stereocenters. The van der Waals surface area contributed by atoms with Crippen molar-refractivity contribution < 1.29 is 9.90 Å². The molecule has 1 saturated carbocycles. The number of aromatic nitrogens is 2. The molecule has 2 aliphatic rings. The Morgan fingerprint density at radius 3 is 2.48 bits per heavy atom. The molecule has 0 spiro atoms. The van der Waals surface area contributed by atoms with Gasteiger partial charge in [-0.2, -0.15) is 5.10 Å². The minimum Gasteiger partial charge on any atom is -0.393 e. The predicted octanol–water partition coefficient (Wildman–Crippen LogP) is 2.65. The van der Waals surface area contributed by atoms with E-state index in [9.17, 15) is 9.90 Å². The molecule has 1 saturated heterocycles. The van der Waals surface area contributed by atoms with E-state index < -0.39 is 0 Å². The molecule has 144 valence electrons. The lowest BCUT2D eigenvalue weighted by atomic mass is 9.75. The third-order valence-electron chi connectivity index (χ3n) is 5.84. The number of nitrogens with zero attached hydrogens (tertiary/aromatic N) is 3. The van der Waals surface area contributed by atoms with Crippen molar-refractivity contribution in [1.29, 1.82) is 0 Å². The number of hydrogen-bond acceptors (Lipinski definition) is 4. The van der Waals surface area contributed by atoms with Gasteiger partial charge in [-0.05, 0) is 62.3 Å². The van der Waals surface area contributed by atoms with E-state index in [-0.39, 0.29) is 24.0 Å². The van der Waals surface area contributed by atoms with E-state index in [0.717, 1.165) is 18.7 Å². The van der Waals surface area contributed by atoms with Crippen LogP contribution in [0, 0.1) is 5.92 Å². The lowest BCUT2D eigenvalue weighted by Crippen LogP contribution is -2.41. The first-order valence-electron chi connectivity index (χ1n) is 9.92. The maximum atomic E-state index is 12.8. The molecule has 1 amide bonds. The fourth-order valence-corrected chi connectivity index (χ4v) is 4.18. The summed E-state index contributed by atoms with van der Waals surface area (Å²) in [6.07, 6.45) is 8.70. The summed E-state index contributed by atoms with van der Waals surface area (Å²) >= 11 is 0. The molecule has 1 aromatic heterocycles. The largest absolute Gasteiger partial charge is 0.393 e. The Kier molecular flexibility index (Phi) is 5.16. The van der Waals surface area contributed by atoms with Crippen LogP contribution in [-0.2, 0) is 7.05 Å². The maximum absolute atomic E-state index is 12.8. The molecule has 6 nitrogen and oxygen atoms in total. The summed E-state index contributed by atoms with van der Waals surface area (Å²) in [7, 11) is 1.87. The number of aryl methyl sites for hydroxylation is 1. The summed E-state index contributed by atoms with van der Waals surface area (Å²) < 4.78 is 1.75. The minimum atomic E-state index is -0.255. The Bertz CT molecular complexity index is 774. The van der Waals surface area contributed by atoms with Crippen LogP contribution in [0.4, 0.5) is 5.69 Å². The van der Waals surface area contributed by atoms with E-state index in [4.69, 9.17) is 0 Å². The Labute approximate surface area is 160 Å². The van der Waals surface area contributed by atoms with E-state index in [0.29, 0.717) is 18.4 Å². The molecular weight excluding hydrogens is 340 g/mol. The van der Waals surface area contributed by atoms with Crippen LogP contribution in [0.5, 0.6) is 0 Å². The zero-order valence-corrected chi connectivity index (χ0v) is 15.8. The third kappa shape index (κ3) is 4.00. The molecule has 0 bridgehead atoms. The first-order chi connectivity index (χ1) is 13.1. The van der Waals surface area contributed by atoms with Crippen LogP contribution in [0.2, 0.25) is 0 Å². The minimum absolute atomic E-state index is 0.0737. The number of nitrogens with one attached hydrogen (secondary N) is 1. The number of carbonyl (C=O) groups is 1. The standard InChI is InChI=1S/C21H28N4O2/c1-24-14-17(13-22-24)20(16-11-19(26)12-16)23-21(27)15-5-7-18(8-6-15)25-9-3-2-4-10-25/h5-8,13-14,16,19-20,26H,2-4,9-12H2,1H3,(H,23,27)/t16?,19?,20-/m0/s1. The van der Waals surface area contributed by atoms with Crippen LogP contribution in [0.15, 0.2) is 36.7 Å². The monoisotopic (exact) mass is 368 g/mol. The summed E-state index contributed by atoms with van der Waals surface area (Å²) in [5.74, 6) is 0.177. The van der Waals surface area contributed by atoms with Gasteiger partial charge in [0.15, 0.2) is 0 Å². The van der Waals surface area contributed by atoms with Crippen LogP contribution in [0.1, 0.15) is 54.1 Å². The lowest BCUT2D eigenvalue weighted by Gasteiger charge is -2.37. The van der Waals surface area contributed by atoms with Crippen LogP contribution < -0.4 is 10.2 Å². The van der Waals surface area contributed by atoms with Gasteiger partial charge in [0.25, 0.3) is 5.91 Å². The van der Waals surface area contributed by atoms with Crippen molar-refractivity contribution in [2.24, 2.45) is 13.0 Å². The van der Waals surface area contributed by atoms with Gasteiger partial charge in [0.1, 0.15) is 0 Å². The zero-order chi connectivity index (χ0) is 18.8. The van der Waals surface area contributed by atoms with Crippen LogP contribution in [0.3, 0.4) is 0 Å². The highest BCUT2D eigenvalue weighted by molar-refractivity contribution is 5.94. The zero-order valence-electron chi connectivity index (χ0n) is 15.8. The second-order valence-electron chi connectivity index (χ2n) is 7.88. The fraction of sp³-hybridized carbons (Fsp3) is 0.524. The summed E-state index contributed by atoms with van der Waals surface area (Å²) in [4.78, 5) is 15.2. The fourth-order valence-electron chi connectivity index (χ4n) is 4.18. The average Bonchev–Trinajstić information content (AvgIpc) is 3.11. The smallest absolute Gasteiger partial charge is 0.251 e. The van der Waals surface area contributed by atoms with Crippen molar-refractivity contribution in [1.82, 2.24) is 15.1 Å². The number of aliphatic hydroxyl groups excluding tert-OH is 1. The number of carbonyl (C=O) groups excluding carboxylic acids is 1. The topological polar surface area (TPSA) is 70.4 Å². The average molecular weight is 368 g/mol. The number of aliphatic hydroxyl groups is 1. The second-order valence-corrected chi connectivity index (χ2v) is 7.88. The Hall–Kier alpha value is -2.34. The summed E-state index contributed by atoms with van der Waals surface area (Å²) in [6, 6.07) is 7.81. The van der Waals surface area contributed by atoms with E-state index in [2.05, 4.69) is 15.3 Å². The Morgan fingerprint density at radius 2 is 1.89 bits per heavy atom. The molecule has 6 heteroatoms. The van der Waals surface area contributed by atoms with Gasteiger partial charge in [-0.15, -0.1) is 0 Å². The Balaban J connectivity index is 1.45. The number of rotatable bonds is 5. The number of amides is 1. The lowest BCUT2D eigenvalue weighted by molar-refractivity contribution is 0.0235. The van der Waals surface area contributed by atoms with Gasteiger partial charge in [0, 0.05) is 43.1 Å². The van der Waals surface area contributed by atoms with Gasteiger partial charge in [-0.1, -0.05) is 0 Å². The van der Waals surface area contributed by atoms with Crippen LogP contribution in [0.25, 0.3) is 0 Å². The van der Waals surface area contributed by atoms with Gasteiger partial charge < -0.3 is 15.3 Å². The first-order valence-corrected chi connectivity index (χ1v) is 9.92.